The molecule has 7 nitrogen and oxygen atoms in total. The third kappa shape index (κ3) is 3.63. The van der Waals surface area contributed by atoms with Crippen LogP contribution >= 0.6 is 15.9 Å². The molecule has 0 aromatic heterocycles. The van der Waals surface area contributed by atoms with Crippen LogP contribution in [0.5, 0.6) is 5.75 Å². The van der Waals surface area contributed by atoms with Gasteiger partial charge in [0, 0.05) is 22.2 Å². The van der Waals surface area contributed by atoms with Gasteiger partial charge < -0.3 is 4.74 Å². The maximum absolute atomic E-state index is 14.4. The first-order chi connectivity index (χ1) is 20.0. The van der Waals surface area contributed by atoms with Crippen molar-refractivity contribution in [3.63, 3.8) is 0 Å². The molecule has 202 valence electrons. The fourth-order valence-electron chi connectivity index (χ4n) is 6.92. The molecule has 41 heavy (non-hydrogen) atoms. The number of amides is 3. The summed E-state index contributed by atoms with van der Waals surface area (Å²) in [6, 6.07) is 29.8. The Morgan fingerprint density at radius 1 is 0.902 bits per heavy atom. The summed E-state index contributed by atoms with van der Waals surface area (Å²) in [5.41, 5.74) is 6.34. The highest BCUT2D eigenvalue weighted by molar-refractivity contribution is 9.10. The zero-order valence-electron chi connectivity index (χ0n) is 22.0. The maximum atomic E-state index is 14.4. The third-order valence-corrected chi connectivity index (χ3v) is 9.06. The van der Waals surface area contributed by atoms with E-state index in [1.807, 2.05) is 60.7 Å². The number of carbonyl (C=O) groups excluding carboxylic acids is 3. The molecule has 1 N–H and O–H groups in total. The van der Waals surface area contributed by atoms with Crippen molar-refractivity contribution in [1.82, 2.24) is 5.43 Å². The molecule has 0 radical (unpaired) electrons. The van der Waals surface area contributed by atoms with Gasteiger partial charge in [0.15, 0.2) is 0 Å². The SMILES string of the molecule is COc1cccc(C(=O)NN=CC23c4ccccc4C(c4ccccc42)C2C(=O)N(c4ccc(Br)cc4)C(=O)C23)c1. The third-order valence-electron chi connectivity index (χ3n) is 8.53. The van der Waals surface area contributed by atoms with Crippen LogP contribution in [0, 0.1) is 11.8 Å². The summed E-state index contributed by atoms with van der Waals surface area (Å²) in [6.45, 7) is 0. The molecule has 2 bridgehead atoms. The molecule has 2 unspecified atom stereocenters. The molecule has 3 amide bonds. The molecule has 1 fully saturated rings. The summed E-state index contributed by atoms with van der Waals surface area (Å²) >= 11 is 3.44. The van der Waals surface area contributed by atoms with Crippen molar-refractivity contribution in [3.8, 4) is 5.75 Å². The highest BCUT2D eigenvalue weighted by atomic mass is 79.9. The molecule has 0 spiro atoms. The van der Waals surface area contributed by atoms with Gasteiger partial charge >= 0.3 is 0 Å². The molecule has 2 atom stereocenters. The van der Waals surface area contributed by atoms with Crippen LogP contribution in [0.3, 0.4) is 0 Å². The van der Waals surface area contributed by atoms with Crippen molar-refractivity contribution >= 4 is 45.6 Å². The number of hydrazone groups is 1. The first-order valence-electron chi connectivity index (χ1n) is 13.3. The van der Waals surface area contributed by atoms with Crippen LogP contribution in [0.4, 0.5) is 5.69 Å². The highest BCUT2D eigenvalue weighted by Crippen LogP contribution is 2.63. The quantitative estimate of drug-likeness (QED) is 0.187. The lowest BCUT2D eigenvalue weighted by atomic mass is 9.47. The topological polar surface area (TPSA) is 88.1 Å². The summed E-state index contributed by atoms with van der Waals surface area (Å²) in [5, 5.41) is 4.47. The van der Waals surface area contributed by atoms with E-state index in [2.05, 4.69) is 26.5 Å². The van der Waals surface area contributed by atoms with Crippen LogP contribution in [-0.2, 0) is 15.0 Å². The van der Waals surface area contributed by atoms with Gasteiger partial charge in [0.2, 0.25) is 11.8 Å². The average Bonchev–Trinajstić information content (AvgIpc) is 3.28. The van der Waals surface area contributed by atoms with E-state index in [9.17, 15) is 14.4 Å². The van der Waals surface area contributed by atoms with E-state index in [1.165, 1.54) is 12.0 Å². The van der Waals surface area contributed by atoms with E-state index in [0.717, 1.165) is 26.7 Å². The van der Waals surface area contributed by atoms with Gasteiger partial charge in [-0.3, -0.25) is 14.4 Å². The monoisotopic (exact) mass is 605 g/mol. The van der Waals surface area contributed by atoms with E-state index >= 15 is 0 Å². The van der Waals surface area contributed by atoms with Crippen molar-refractivity contribution in [1.29, 1.82) is 0 Å². The second-order valence-electron chi connectivity index (χ2n) is 10.4. The molecular formula is C33H24BrN3O4. The van der Waals surface area contributed by atoms with E-state index in [1.54, 1.807) is 42.6 Å². The molecule has 1 heterocycles. The van der Waals surface area contributed by atoms with Gasteiger partial charge in [0.1, 0.15) is 5.75 Å². The molecular weight excluding hydrogens is 582 g/mol. The van der Waals surface area contributed by atoms with E-state index in [0.29, 0.717) is 17.0 Å². The zero-order chi connectivity index (χ0) is 28.3. The molecule has 4 aromatic carbocycles. The average molecular weight is 606 g/mol. The summed E-state index contributed by atoms with van der Waals surface area (Å²) in [6.07, 6.45) is 1.66. The molecule has 4 aromatic rings. The normalized spacial score (nSPS) is 23.8. The van der Waals surface area contributed by atoms with Crippen LogP contribution in [0.15, 0.2) is 107 Å². The molecule has 3 aliphatic carbocycles. The maximum Gasteiger partial charge on any atom is 0.271 e. The van der Waals surface area contributed by atoms with Crippen LogP contribution < -0.4 is 15.1 Å². The lowest BCUT2D eigenvalue weighted by molar-refractivity contribution is -0.122. The Hall–Kier alpha value is -4.56. The number of ether oxygens (including phenoxy) is 1. The van der Waals surface area contributed by atoms with Crippen LogP contribution in [-0.4, -0.2) is 31.0 Å². The minimum atomic E-state index is -1.06. The Morgan fingerprint density at radius 2 is 1.56 bits per heavy atom. The van der Waals surface area contributed by atoms with E-state index < -0.39 is 23.2 Å². The Bertz CT molecular complexity index is 1720. The number of hydrogen-bond donors (Lipinski definition) is 1. The Morgan fingerprint density at radius 3 is 2.22 bits per heavy atom. The first kappa shape index (κ1) is 25.4. The van der Waals surface area contributed by atoms with Crippen molar-refractivity contribution in [3.05, 3.63) is 129 Å². The van der Waals surface area contributed by atoms with Gasteiger partial charge in [0.25, 0.3) is 5.91 Å². The number of halogens is 1. The van der Waals surface area contributed by atoms with Crippen LogP contribution in [0.2, 0.25) is 0 Å². The largest absolute Gasteiger partial charge is 0.497 e. The van der Waals surface area contributed by atoms with Crippen LogP contribution in [0.1, 0.15) is 38.5 Å². The standard InChI is InChI=1S/C33H24BrN3O4/c1-41-22-8-6-7-19(17-22)30(38)36-35-18-33-25-11-4-2-9-23(25)27(24-10-3-5-12-26(24)33)28-29(33)32(40)37(31(28)39)21-15-13-20(34)14-16-21/h2-18,27-29H,1H3,(H,36,38). The molecule has 4 aliphatic rings. The molecule has 8 rings (SSSR count). The number of carbonyl (C=O) groups is 3. The summed E-state index contributed by atoms with van der Waals surface area (Å²) < 4.78 is 6.10. The molecule has 1 saturated heterocycles. The number of methoxy groups -OCH3 is 1. The second kappa shape index (κ2) is 9.52. The lowest BCUT2D eigenvalue weighted by Gasteiger charge is -2.52. The Kier molecular flexibility index (Phi) is 5.90. The number of anilines is 1. The number of hydrogen-bond acceptors (Lipinski definition) is 5. The summed E-state index contributed by atoms with van der Waals surface area (Å²) in [5.74, 6) is -1.98. The fraction of sp³-hybridized carbons (Fsp3) is 0.152. The van der Waals surface area contributed by atoms with Gasteiger partial charge in [-0.25, -0.2) is 10.3 Å². The predicted molar refractivity (Wildman–Crippen MR) is 158 cm³/mol. The van der Waals surface area contributed by atoms with Crippen molar-refractivity contribution < 1.29 is 19.1 Å². The fourth-order valence-corrected chi connectivity index (χ4v) is 7.18. The minimum absolute atomic E-state index is 0.227. The van der Waals surface area contributed by atoms with Gasteiger partial charge in [-0.2, -0.15) is 5.10 Å². The number of benzene rings is 4. The van der Waals surface area contributed by atoms with E-state index in [4.69, 9.17) is 4.74 Å². The van der Waals surface area contributed by atoms with E-state index in [-0.39, 0.29) is 17.7 Å². The molecule has 0 saturated carbocycles. The predicted octanol–water partition coefficient (Wildman–Crippen LogP) is 5.42. The Balaban J connectivity index is 1.38. The van der Waals surface area contributed by atoms with Crippen molar-refractivity contribution in [2.75, 3.05) is 12.0 Å². The second-order valence-corrected chi connectivity index (χ2v) is 11.4. The smallest absolute Gasteiger partial charge is 0.271 e. The number of imide groups is 1. The molecule has 1 aliphatic heterocycles. The Labute approximate surface area is 245 Å². The lowest BCUT2D eigenvalue weighted by Crippen LogP contribution is -2.54. The first-order valence-corrected chi connectivity index (χ1v) is 14.1. The summed E-state index contributed by atoms with van der Waals surface area (Å²) in [4.78, 5) is 42.9. The van der Waals surface area contributed by atoms with Crippen molar-refractivity contribution in [2.24, 2.45) is 16.9 Å². The molecule has 8 heteroatoms. The van der Waals surface area contributed by atoms with Gasteiger partial charge in [-0.05, 0) is 64.7 Å². The van der Waals surface area contributed by atoms with Gasteiger partial charge in [0.05, 0.1) is 30.0 Å². The highest BCUT2D eigenvalue weighted by Gasteiger charge is 2.68. The number of rotatable bonds is 5. The van der Waals surface area contributed by atoms with Crippen LogP contribution in [0.25, 0.3) is 0 Å². The number of nitrogens with zero attached hydrogens (tertiary/aromatic N) is 2. The van der Waals surface area contributed by atoms with Gasteiger partial charge in [-0.15, -0.1) is 0 Å². The zero-order valence-corrected chi connectivity index (χ0v) is 23.5. The summed E-state index contributed by atoms with van der Waals surface area (Å²) in [7, 11) is 1.54. The van der Waals surface area contributed by atoms with Gasteiger partial charge in [-0.1, -0.05) is 70.5 Å². The van der Waals surface area contributed by atoms with Crippen molar-refractivity contribution in [2.45, 2.75) is 11.3 Å². The minimum Gasteiger partial charge on any atom is -0.497 e. The number of nitrogens with one attached hydrogen (secondary N) is 1.